The van der Waals surface area contributed by atoms with E-state index in [-0.39, 0.29) is 11.9 Å². The number of rotatable bonds is 2. The van der Waals surface area contributed by atoms with Crippen LogP contribution in [0.25, 0.3) is 0 Å². The number of hydrogen-bond donors (Lipinski definition) is 2. The van der Waals surface area contributed by atoms with Crippen LogP contribution < -0.4 is 10.6 Å². The maximum absolute atomic E-state index is 12.0. The molecule has 2 N–H and O–H groups in total. The number of hydrogen-bond acceptors (Lipinski definition) is 3. The first-order chi connectivity index (χ1) is 7.18. The molecule has 1 atom stereocenters. The SMILES string of the molecule is CC1=C(C(=O)c2ccccc2)NC(C)N1. The van der Waals surface area contributed by atoms with E-state index in [1.165, 1.54) is 0 Å². The fourth-order valence-corrected chi connectivity index (χ4v) is 1.73. The second kappa shape index (κ2) is 3.77. The number of allylic oxidation sites excluding steroid dienone is 2. The topological polar surface area (TPSA) is 41.1 Å². The van der Waals surface area contributed by atoms with Crippen LogP contribution in [-0.4, -0.2) is 11.9 Å². The van der Waals surface area contributed by atoms with Crippen molar-refractivity contribution in [1.82, 2.24) is 10.6 Å². The minimum absolute atomic E-state index is 0.0463. The van der Waals surface area contributed by atoms with Gasteiger partial charge in [-0.05, 0) is 13.8 Å². The summed E-state index contributed by atoms with van der Waals surface area (Å²) in [5.74, 6) is 0.0463. The van der Waals surface area contributed by atoms with Gasteiger partial charge in [0.15, 0.2) is 0 Å². The van der Waals surface area contributed by atoms with Crippen molar-refractivity contribution in [2.75, 3.05) is 0 Å². The van der Waals surface area contributed by atoms with Crippen molar-refractivity contribution >= 4 is 5.78 Å². The molecule has 0 fully saturated rings. The molecule has 1 unspecified atom stereocenters. The monoisotopic (exact) mass is 202 g/mol. The lowest BCUT2D eigenvalue weighted by atomic mass is 10.1. The summed E-state index contributed by atoms with van der Waals surface area (Å²) in [7, 11) is 0. The molecule has 0 bridgehead atoms. The molecule has 0 saturated heterocycles. The van der Waals surface area contributed by atoms with E-state index in [0.717, 1.165) is 11.3 Å². The molecule has 0 saturated carbocycles. The maximum atomic E-state index is 12.0. The molecular formula is C12H14N2O. The largest absolute Gasteiger partial charge is 0.367 e. The Morgan fingerprint density at radius 2 is 1.87 bits per heavy atom. The first kappa shape index (κ1) is 9.77. The number of carbonyl (C=O) groups is 1. The second-order valence-corrected chi connectivity index (χ2v) is 3.71. The quantitative estimate of drug-likeness (QED) is 0.716. The lowest BCUT2D eigenvalue weighted by Crippen LogP contribution is -2.30. The molecule has 2 rings (SSSR count). The van der Waals surface area contributed by atoms with E-state index in [1.807, 2.05) is 44.2 Å². The average molecular weight is 202 g/mol. The molecule has 0 spiro atoms. The standard InChI is InChI=1S/C12H14N2O/c1-8-11(14-9(2)13-8)12(15)10-6-4-3-5-7-10/h3-7,9,13-14H,1-2H3. The van der Waals surface area contributed by atoms with Crippen molar-refractivity contribution < 1.29 is 4.79 Å². The van der Waals surface area contributed by atoms with Gasteiger partial charge in [-0.2, -0.15) is 0 Å². The van der Waals surface area contributed by atoms with Gasteiger partial charge in [-0.15, -0.1) is 0 Å². The zero-order valence-corrected chi connectivity index (χ0v) is 8.87. The Morgan fingerprint density at radius 1 is 1.20 bits per heavy atom. The van der Waals surface area contributed by atoms with Crippen LogP contribution in [-0.2, 0) is 0 Å². The van der Waals surface area contributed by atoms with Gasteiger partial charge < -0.3 is 10.6 Å². The van der Waals surface area contributed by atoms with E-state index in [1.54, 1.807) is 0 Å². The highest BCUT2D eigenvalue weighted by atomic mass is 16.1. The van der Waals surface area contributed by atoms with Crippen molar-refractivity contribution in [2.45, 2.75) is 20.0 Å². The van der Waals surface area contributed by atoms with Gasteiger partial charge in [-0.25, -0.2) is 0 Å². The Balaban J connectivity index is 2.27. The number of Topliss-reactive ketones (excluding diaryl/α,β-unsaturated/α-hetero) is 1. The van der Waals surface area contributed by atoms with Crippen LogP contribution in [0.3, 0.4) is 0 Å². The molecule has 78 valence electrons. The minimum atomic E-state index is 0.0463. The summed E-state index contributed by atoms with van der Waals surface area (Å²) < 4.78 is 0. The molecular weight excluding hydrogens is 188 g/mol. The van der Waals surface area contributed by atoms with Crippen LogP contribution in [0.2, 0.25) is 0 Å². The zero-order valence-electron chi connectivity index (χ0n) is 8.87. The molecule has 1 aromatic rings. The summed E-state index contributed by atoms with van der Waals surface area (Å²) in [6.07, 6.45) is 0.132. The van der Waals surface area contributed by atoms with Crippen LogP contribution in [0.1, 0.15) is 24.2 Å². The Kier molecular flexibility index (Phi) is 2.46. The summed E-state index contributed by atoms with van der Waals surface area (Å²) in [5.41, 5.74) is 2.31. The molecule has 1 aliphatic rings. The predicted molar refractivity (Wildman–Crippen MR) is 59.2 cm³/mol. The molecule has 0 aliphatic carbocycles. The Labute approximate surface area is 89.2 Å². The molecule has 0 amide bonds. The molecule has 1 heterocycles. The Hall–Kier alpha value is -1.77. The van der Waals surface area contributed by atoms with Gasteiger partial charge in [-0.3, -0.25) is 4.79 Å². The van der Waals surface area contributed by atoms with Crippen LogP contribution in [0.15, 0.2) is 41.7 Å². The Morgan fingerprint density at radius 3 is 2.40 bits per heavy atom. The van der Waals surface area contributed by atoms with Crippen molar-refractivity contribution in [3.63, 3.8) is 0 Å². The summed E-state index contributed by atoms with van der Waals surface area (Å²) in [6, 6.07) is 9.30. The van der Waals surface area contributed by atoms with Crippen LogP contribution in [0.4, 0.5) is 0 Å². The van der Waals surface area contributed by atoms with E-state index in [0.29, 0.717) is 5.70 Å². The molecule has 3 heteroatoms. The van der Waals surface area contributed by atoms with Crippen LogP contribution >= 0.6 is 0 Å². The fraction of sp³-hybridized carbons (Fsp3) is 0.250. The van der Waals surface area contributed by atoms with Gasteiger partial charge in [0.2, 0.25) is 5.78 Å². The number of benzene rings is 1. The first-order valence-electron chi connectivity index (χ1n) is 5.02. The first-order valence-corrected chi connectivity index (χ1v) is 5.02. The van der Waals surface area contributed by atoms with Gasteiger partial charge in [0.25, 0.3) is 0 Å². The lowest BCUT2D eigenvalue weighted by molar-refractivity contribution is 0.102. The van der Waals surface area contributed by atoms with Crippen molar-refractivity contribution in [3.05, 3.63) is 47.3 Å². The van der Waals surface area contributed by atoms with Crippen LogP contribution in [0.5, 0.6) is 0 Å². The molecule has 0 aromatic heterocycles. The van der Waals surface area contributed by atoms with E-state index in [9.17, 15) is 4.79 Å². The van der Waals surface area contributed by atoms with Gasteiger partial charge >= 0.3 is 0 Å². The fourth-order valence-electron chi connectivity index (χ4n) is 1.73. The molecule has 0 radical (unpaired) electrons. The van der Waals surface area contributed by atoms with Gasteiger partial charge in [0.1, 0.15) is 5.70 Å². The van der Waals surface area contributed by atoms with Gasteiger partial charge in [0.05, 0.1) is 6.17 Å². The maximum Gasteiger partial charge on any atom is 0.210 e. The third-order valence-corrected chi connectivity index (χ3v) is 2.43. The highest BCUT2D eigenvalue weighted by molar-refractivity contribution is 6.08. The van der Waals surface area contributed by atoms with Gasteiger partial charge in [0, 0.05) is 11.3 Å². The molecule has 1 aliphatic heterocycles. The summed E-state index contributed by atoms with van der Waals surface area (Å²) in [6.45, 7) is 3.89. The Bertz CT molecular complexity index is 409. The van der Waals surface area contributed by atoms with Crippen molar-refractivity contribution in [2.24, 2.45) is 0 Å². The highest BCUT2D eigenvalue weighted by Crippen LogP contribution is 2.13. The number of nitrogens with one attached hydrogen (secondary N) is 2. The number of ketones is 1. The lowest BCUT2D eigenvalue weighted by Gasteiger charge is -2.06. The normalized spacial score (nSPS) is 19.7. The van der Waals surface area contributed by atoms with E-state index < -0.39 is 0 Å². The van der Waals surface area contributed by atoms with Crippen molar-refractivity contribution in [1.29, 1.82) is 0 Å². The predicted octanol–water partition coefficient (Wildman–Crippen LogP) is 1.64. The molecule has 15 heavy (non-hydrogen) atoms. The molecule has 3 nitrogen and oxygen atoms in total. The summed E-state index contributed by atoms with van der Waals surface area (Å²) >= 11 is 0. The third kappa shape index (κ3) is 1.86. The van der Waals surface area contributed by atoms with Gasteiger partial charge in [-0.1, -0.05) is 30.3 Å². The van der Waals surface area contributed by atoms with E-state index in [4.69, 9.17) is 0 Å². The number of carbonyl (C=O) groups excluding carboxylic acids is 1. The highest BCUT2D eigenvalue weighted by Gasteiger charge is 2.22. The summed E-state index contributed by atoms with van der Waals surface area (Å²) in [5, 5.41) is 6.29. The van der Waals surface area contributed by atoms with E-state index in [2.05, 4.69) is 10.6 Å². The van der Waals surface area contributed by atoms with Crippen molar-refractivity contribution in [3.8, 4) is 0 Å². The molecule has 1 aromatic carbocycles. The minimum Gasteiger partial charge on any atom is -0.367 e. The second-order valence-electron chi connectivity index (χ2n) is 3.71. The van der Waals surface area contributed by atoms with E-state index >= 15 is 0 Å². The zero-order chi connectivity index (χ0) is 10.8. The average Bonchev–Trinajstić information content (AvgIpc) is 2.58. The third-order valence-electron chi connectivity index (χ3n) is 2.43. The summed E-state index contributed by atoms with van der Waals surface area (Å²) in [4.78, 5) is 12.0. The van der Waals surface area contributed by atoms with Crippen LogP contribution in [0, 0.1) is 0 Å². The smallest absolute Gasteiger partial charge is 0.210 e.